The zero-order valence-corrected chi connectivity index (χ0v) is 14.7. The molecule has 1 fully saturated rings. The Morgan fingerprint density at radius 3 is 2.56 bits per heavy atom. The molecule has 2 aromatic rings. The van der Waals surface area contributed by atoms with E-state index in [2.05, 4.69) is 9.97 Å². The molecular weight excluding hydrogens is 351 g/mol. The van der Waals surface area contributed by atoms with Crippen LogP contribution in [0.3, 0.4) is 0 Å². The molecule has 25 heavy (non-hydrogen) atoms. The van der Waals surface area contributed by atoms with Gasteiger partial charge in [0.05, 0.1) is 21.8 Å². The number of aromatic nitrogens is 2. The summed E-state index contributed by atoms with van der Waals surface area (Å²) >= 11 is 1.25. The van der Waals surface area contributed by atoms with Crippen LogP contribution in [0.5, 0.6) is 0 Å². The van der Waals surface area contributed by atoms with Crippen molar-refractivity contribution >= 4 is 28.7 Å². The lowest BCUT2D eigenvalue weighted by Crippen LogP contribution is -2.37. The Kier molecular flexibility index (Phi) is 5.27. The summed E-state index contributed by atoms with van der Waals surface area (Å²) < 4.78 is 38.4. The second kappa shape index (κ2) is 7.27. The van der Waals surface area contributed by atoms with Crippen molar-refractivity contribution in [1.82, 2.24) is 14.9 Å². The molecule has 1 saturated heterocycles. The zero-order chi connectivity index (χ0) is 18.0. The average molecular weight is 371 g/mol. The molecule has 1 atom stereocenters. The van der Waals surface area contributed by atoms with Gasteiger partial charge in [-0.3, -0.25) is 4.79 Å². The predicted octanol–water partition coefficient (Wildman–Crippen LogP) is 4.46. The number of amides is 1. The largest absolute Gasteiger partial charge is 0.416 e. The smallest absolute Gasteiger partial charge is 0.342 e. The number of carbonyl (C=O) groups excluding carboxylic acids is 1. The summed E-state index contributed by atoms with van der Waals surface area (Å²) in [4.78, 5) is 21.6. The minimum atomic E-state index is -4.39. The molecule has 0 unspecified atom stereocenters. The van der Waals surface area contributed by atoms with Crippen molar-refractivity contribution in [3.63, 3.8) is 0 Å². The molecule has 0 saturated carbocycles. The molecule has 136 valence electrons. The number of alkyl halides is 3. The first-order chi connectivity index (χ1) is 11.8. The average Bonchev–Trinajstić information content (AvgIpc) is 2.77. The Hall–Kier alpha value is -1.70. The Bertz CT molecular complexity index is 751. The van der Waals surface area contributed by atoms with Crippen LogP contribution >= 0.6 is 11.8 Å². The van der Waals surface area contributed by atoms with Crippen molar-refractivity contribution in [3.05, 3.63) is 23.8 Å². The van der Waals surface area contributed by atoms with Crippen LogP contribution in [0.2, 0.25) is 0 Å². The van der Waals surface area contributed by atoms with Crippen LogP contribution in [-0.4, -0.2) is 39.1 Å². The van der Waals surface area contributed by atoms with Gasteiger partial charge in [0.25, 0.3) is 0 Å². The van der Waals surface area contributed by atoms with Gasteiger partial charge in [0, 0.05) is 13.1 Å². The van der Waals surface area contributed by atoms with Crippen molar-refractivity contribution in [1.29, 1.82) is 0 Å². The van der Waals surface area contributed by atoms with Crippen LogP contribution in [-0.2, 0) is 11.0 Å². The van der Waals surface area contributed by atoms with Gasteiger partial charge in [-0.05, 0) is 38.0 Å². The fourth-order valence-corrected chi connectivity index (χ4v) is 3.89. The van der Waals surface area contributed by atoms with E-state index >= 15 is 0 Å². The number of benzene rings is 1. The molecule has 1 amide bonds. The molecule has 1 aliphatic heterocycles. The van der Waals surface area contributed by atoms with Gasteiger partial charge in [-0.2, -0.15) is 13.2 Å². The second-order valence-electron chi connectivity index (χ2n) is 6.27. The van der Waals surface area contributed by atoms with Gasteiger partial charge in [0.15, 0.2) is 5.16 Å². The fraction of sp³-hybridized carbons (Fsp3) is 0.529. The number of fused-ring (bicyclic) bond motifs is 1. The van der Waals surface area contributed by atoms with Crippen LogP contribution in [0.15, 0.2) is 23.4 Å². The van der Waals surface area contributed by atoms with E-state index in [0.717, 1.165) is 50.9 Å². The Morgan fingerprint density at radius 2 is 1.92 bits per heavy atom. The minimum Gasteiger partial charge on any atom is -0.342 e. The number of imidazole rings is 1. The van der Waals surface area contributed by atoms with Crippen molar-refractivity contribution in [3.8, 4) is 0 Å². The normalized spacial score (nSPS) is 17.5. The summed E-state index contributed by atoms with van der Waals surface area (Å²) in [5, 5.41) is 0.130. The maximum absolute atomic E-state index is 12.8. The van der Waals surface area contributed by atoms with Crippen molar-refractivity contribution in [2.75, 3.05) is 13.1 Å². The number of thioether (sulfide) groups is 1. The van der Waals surface area contributed by atoms with E-state index < -0.39 is 11.7 Å². The number of nitrogens with one attached hydrogen (secondary N) is 1. The molecule has 1 aromatic carbocycles. The second-order valence-corrected chi connectivity index (χ2v) is 7.60. The highest BCUT2D eigenvalue weighted by atomic mass is 32.2. The van der Waals surface area contributed by atoms with Gasteiger partial charge < -0.3 is 9.88 Å². The van der Waals surface area contributed by atoms with Gasteiger partial charge in [0.2, 0.25) is 5.91 Å². The summed E-state index contributed by atoms with van der Waals surface area (Å²) in [6, 6.07) is 3.41. The summed E-state index contributed by atoms with van der Waals surface area (Å²) in [6.45, 7) is 3.36. The van der Waals surface area contributed by atoms with E-state index in [9.17, 15) is 18.0 Å². The molecule has 8 heteroatoms. The highest BCUT2D eigenvalue weighted by molar-refractivity contribution is 8.00. The number of likely N-dealkylation sites (tertiary alicyclic amines) is 1. The SMILES string of the molecule is C[C@H](Sc1nc2ccc(C(F)(F)F)cc2[nH]1)C(=O)N1CCCCCC1. The van der Waals surface area contributed by atoms with Gasteiger partial charge in [-0.1, -0.05) is 24.6 Å². The van der Waals surface area contributed by atoms with Crippen LogP contribution in [0, 0.1) is 0 Å². The minimum absolute atomic E-state index is 0.0586. The first-order valence-electron chi connectivity index (χ1n) is 8.37. The van der Waals surface area contributed by atoms with E-state index in [4.69, 9.17) is 0 Å². The first kappa shape index (κ1) is 18.1. The van der Waals surface area contributed by atoms with E-state index in [1.807, 2.05) is 11.8 Å². The number of rotatable bonds is 3. The molecule has 2 heterocycles. The monoisotopic (exact) mass is 371 g/mol. The molecule has 1 N–H and O–H groups in total. The van der Waals surface area contributed by atoms with E-state index in [1.165, 1.54) is 17.8 Å². The predicted molar refractivity (Wildman–Crippen MR) is 91.5 cm³/mol. The van der Waals surface area contributed by atoms with Gasteiger partial charge in [0.1, 0.15) is 0 Å². The fourth-order valence-electron chi connectivity index (χ4n) is 2.98. The quantitative estimate of drug-likeness (QED) is 0.810. The van der Waals surface area contributed by atoms with Gasteiger partial charge in [-0.25, -0.2) is 4.98 Å². The third-order valence-corrected chi connectivity index (χ3v) is 5.31. The van der Waals surface area contributed by atoms with Gasteiger partial charge in [-0.15, -0.1) is 0 Å². The number of nitrogens with zero attached hydrogens (tertiary/aromatic N) is 2. The molecule has 1 aromatic heterocycles. The molecule has 3 rings (SSSR count). The molecule has 0 aliphatic carbocycles. The maximum Gasteiger partial charge on any atom is 0.416 e. The van der Waals surface area contributed by atoms with Crippen LogP contribution in [0.1, 0.15) is 38.2 Å². The van der Waals surface area contributed by atoms with Crippen molar-refractivity contribution in [2.45, 2.75) is 49.2 Å². The van der Waals surface area contributed by atoms with E-state index in [1.54, 1.807) is 0 Å². The highest BCUT2D eigenvalue weighted by Gasteiger charge is 2.31. The number of hydrogen-bond acceptors (Lipinski definition) is 3. The Morgan fingerprint density at radius 1 is 1.24 bits per heavy atom. The molecular formula is C17H20F3N3OS. The lowest BCUT2D eigenvalue weighted by molar-refractivity contribution is -0.137. The number of halogens is 3. The first-order valence-corrected chi connectivity index (χ1v) is 9.25. The summed E-state index contributed by atoms with van der Waals surface area (Å²) in [5.74, 6) is 0.0586. The molecule has 4 nitrogen and oxygen atoms in total. The van der Waals surface area contributed by atoms with Crippen molar-refractivity contribution in [2.24, 2.45) is 0 Å². The number of H-pyrrole nitrogens is 1. The van der Waals surface area contributed by atoms with E-state index in [-0.39, 0.29) is 11.2 Å². The number of hydrogen-bond donors (Lipinski definition) is 1. The molecule has 0 radical (unpaired) electrons. The Balaban J connectivity index is 1.72. The highest BCUT2D eigenvalue weighted by Crippen LogP contribution is 2.32. The molecule has 1 aliphatic rings. The van der Waals surface area contributed by atoms with Crippen LogP contribution in [0.25, 0.3) is 11.0 Å². The number of carbonyl (C=O) groups is 1. The topological polar surface area (TPSA) is 49.0 Å². The maximum atomic E-state index is 12.8. The lowest BCUT2D eigenvalue weighted by atomic mass is 10.2. The third-order valence-electron chi connectivity index (χ3n) is 4.34. The van der Waals surface area contributed by atoms with Gasteiger partial charge >= 0.3 is 6.18 Å². The van der Waals surface area contributed by atoms with Crippen molar-refractivity contribution < 1.29 is 18.0 Å². The summed E-state index contributed by atoms with van der Waals surface area (Å²) in [5.41, 5.74) is 0.0746. The Labute approximate surface area is 148 Å². The summed E-state index contributed by atoms with van der Waals surface area (Å²) in [6.07, 6.45) is -0.0442. The number of aromatic amines is 1. The standard InChI is InChI=1S/C17H20F3N3OS/c1-11(15(24)23-8-4-2-3-5-9-23)25-16-21-13-7-6-12(17(18,19)20)10-14(13)22-16/h6-7,10-11H,2-5,8-9H2,1H3,(H,21,22)/t11-/m0/s1. The molecule has 0 bridgehead atoms. The summed E-state index contributed by atoms with van der Waals surface area (Å²) in [7, 11) is 0. The molecule has 0 spiro atoms. The van der Waals surface area contributed by atoms with Crippen LogP contribution < -0.4 is 0 Å². The third kappa shape index (κ3) is 4.29. The lowest BCUT2D eigenvalue weighted by Gasteiger charge is -2.23. The zero-order valence-electron chi connectivity index (χ0n) is 13.9. The van der Waals surface area contributed by atoms with E-state index in [0.29, 0.717) is 16.2 Å². The van der Waals surface area contributed by atoms with Crippen LogP contribution in [0.4, 0.5) is 13.2 Å².